The van der Waals surface area contributed by atoms with Crippen LogP contribution < -0.4 is 11.6 Å². The molecule has 0 unspecified atom stereocenters. The van der Waals surface area contributed by atoms with Crippen molar-refractivity contribution in [1.82, 2.24) is 5.01 Å². The standard InChI is InChI=1S/C10H19N3.C2H6/c1-2-3-8-13(12)10-7-5-4-6-9(10)11;1-2/h5,7H,2-4,6,8,11-12H2,1H3;1-2H3. The molecule has 3 nitrogen and oxygen atoms in total. The minimum absolute atomic E-state index is 0.886. The lowest BCUT2D eigenvalue weighted by atomic mass is 10.1. The first-order chi connectivity index (χ1) is 7.25. The van der Waals surface area contributed by atoms with Crippen molar-refractivity contribution >= 4 is 0 Å². The Morgan fingerprint density at radius 3 is 2.60 bits per heavy atom. The maximum atomic E-state index is 5.87. The van der Waals surface area contributed by atoms with Crippen LogP contribution in [0.2, 0.25) is 0 Å². The van der Waals surface area contributed by atoms with Crippen LogP contribution in [-0.2, 0) is 0 Å². The third kappa shape index (κ3) is 4.88. The Hall–Kier alpha value is -0.960. The lowest BCUT2D eigenvalue weighted by molar-refractivity contribution is 0.355. The van der Waals surface area contributed by atoms with Gasteiger partial charge in [-0.1, -0.05) is 33.3 Å². The second-order valence-electron chi connectivity index (χ2n) is 3.40. The molecule has 0 aromatic rings. The van der Waals surface area contributed by atoms with Crippen molar-refractivity contribution in [3.05, 3.63) is 23.5 Å². The van der Waals surface area contributed by atoms with Crippen molar-refractivity contribution < 1.29 is 0 Å². The van der Waals surface area contributed by atoms with Gasteiger partial charge in [-0.05, 0) is 25.3 Å². The molecule has 1 aliphatic carbocycles. The fourth-order valence-corrected chi connectivity index (χ4v) is 1.40. The van der Waals surface area contributed by atoms with Gasteiger partial charge < -0.3 is 10.7 Å². The number of rotatable bonds is 4. The summed E-state index contributed by atoms with van der Waals surface area (Å²) in [7, 11) is 0. The number of hydrogen-bond donors (Lipinski definition) is 2. The average molecular weight is 211 g/mol. The molecular weight excluding hydrogens is 186 g/mol. The summed E-state index contributed by atoms with van der Waals surface area (Å²) < 4.78 is 0. The molecule has 0 spiro atoms. The van der Waals surface area contributed by atoms with E-state index in [0.717, 1.165) is 43.6 Å². The predicted octanol–water partition coefficient (Wildman–Crippen LogP) is 2.51. The molecular formula is C12H25N3. The quantitative estimate of drug-likeness (QED) is 0.555. The van der Waals surface area contributed by atoms with Crippen molar-refractivity contribution in [2.75, 3.05) is 6.54 Å². The van der Waals surface area contributed by atoms with Crippen LogP contribution in [0.3, 0.4) is 0 Å². The summed E-state index contributed by atoms with van der Waals surface area (Å²) in [5.41, 5.74) is 7.78. The van der Waals surface area contributed by atoms with Crippen LogP contribution in [0.5, 0.6) is 0 Å². The Balaban J connectivity index is 0.000000921. The van der Waals surface area contributed by atoms with Gasteiger partial charge in [-0.15, -0.1) is 0 Å². The number of nitrogens with two attached hydrogens (primary N) is 2. The van der Waals surface area contributed by atoms with Crippen LogP contribution in [0.15, 0.2) is 23.5 Å². The van der Waals surface area contributed by atoms with Crippen LogP contribution in [0, 0.1) is 0 Å². The van der Waals surface area contributed by atoms with Crippen molar-refractivity contribution in [1.29, 1.82) is 0 Å². The molecule has 0 aromatic heterocycles. The highest BCUT2D eigenvalue weighted by Gasteiger charge is 2.09. The average Bonchev–Trinajstić information content (AvgIpc) is 2.29. The Labute approximate surface area is 93.8 Å². The zero-order valence-electron chi connectivity index (χ0n) is 10.3. The number of allylic oxidation sites excluding steroid dienone is 3. The first-order valence-electron chi connectivity index (χ1n) is 5.93. The molecule has 0 aromatic carbocycles. The van der Waals surface area contributed by atoms with E-state index in [1.54, 1.807) is 5.01 Å². The van der Waals surface area contributed by atoms with Gasteiger partial charge in [0.25, 0.3) is 0 Å². The molecule has 15 heavy (non-hydrogen) atoms. The van der Waals surface area contributed by atoms with Gasteiger partial charge in [0.15, 0.2) is 0 Å². The fourth-order valence-electron chi connectivity index (χ4n) is 1.40. The highest BCUT2D eigenvalue weighted by molar-refractivity contribution is 5.25. The van der Waals surface area contributed by atoms with Crippen LogP contribution in [0.25, 0.3) is 0 Å². The highest BCUT2D eigenvalue weighted by Crippen LogP contribution is 2.16. The molecule has 0 fully saturated rings. The SMILES string of the molecule is CC.CCCCN(N)C1=C(N)CCC=C1. The second-order valence-corrected chi connectivity index (χ2v) is 3.40. The Bertz CT molecular complexity index is 219. The van der Waals surface area contributed by atoms with Crippen LogP contribution in [0.1, 0.15) is 46.5 Å². The molecule has 88 valence electrons. The molecule has 0 heterocycles. The van der Waals surface area contributed by atoms with Gasteiger partial charge >= 0.3 is 0 Å². The third-order valence-corrected chi connectivity index (χ3v) is 2.25. The maximum absolute atomic E-state index is 5.87. The minimum Gasteiger partial charge on any atom is -0.400 e. The first-order valence-corrected chi connectivity index (χ1v) is 5.93. The van der Waals surface area contributed by atoms with E-state index < -0.39 is 0 Å². The Morgan fingerprint density at radius 2 is 2.07 bits per heavy atom. The van der Waals surface area contributed by atoms with Gasteiger partial charge in [0.05, 0.1) is 5.70 Å². The van der Waals surface area contributed by atoms with Crippen molar-refractivity contribution in [3.63, 3.8) is 0 Å². The second kappa shape index (κ2) is 8.36. The molecule has 0 saturated heterocycles. The first kappa shape index (κ1) is 14.0. The summed E-state index contributed by atoms with van der Waals surface area (Å²) in [5.74, 6) is 5.87. The summed E-state index contributed by atoms with van der Waals surface area (Å²) in [6, 6.07) is 0. The normalized spacial score (nSPS) is 14.7. The summed E-state index contributed by atoms with van der Waals surface area (Å²) in [5, 5.41) is 1.76. The summed E-state index contributed by atoms with van der Waals surface area (Å²) in [6.07, 6.45) is 8.39. The molecule has 4 N–H and O–H groups in total. The molecule has 0 atom stereocenters. The maximum Gasteiger partial charge on any atom is 0.0701 e. The molecule has 0 aliphatic heterocycles. The lowest BCUT2D eigenvalue weighted by Crippen LogP contribution is -2.33. The summed E-state index contributed by atoms with van der Waals surface area (Å²) >= 11 is 0. The zero-order chi connectivity index (χ0) is 11.7. The topological polar surface area (TPSA) is 55.3 Å². The number of hydrogen-bond acceptors (Lipinski definition) is 3. The van der Waals surface area contributed by atoms with E-state index in [0.29, 0.717) is 0 Å². The van der Waals surface area contributed by atoms with E-state index >= 15 is 0 Å². The highest BCUT2D eigenvalue weighted by atomic mass is 15.4. The lowest BCUT2D eigenvalue weighted by Gasteiger charge is -2.23. The summed E-state index contributed by atoms with van der Waals surface area (Å²) in [6.45, 7) is 7.04. The van der Waals surface area contributed by atoms with Crippen molar-refractivity contribution in [3.8, 4) is 0 Å². The fraction of sp³-hybridized carbons (Fsp3) is 0.667. The number of hydrazine groups is 1. The summed E-state index contributed by atoms with van der Waals surface area (Å²) in [4.78, 5) is 0. The van der Waals surface area contributed by atoms with E-state index in [-0.39, 0.29) is 0 Å². The Morgan fingerprint density at radius 1 is 1.40 bits per heavy atom. The molecule has 1 aliphatic rings. The predicted molar refractivity (Wildman–Crippen MR) is 66.7 cm³/mol. The minimum atomic E-state index is 0.886. The van der Waals surface area contributed by atoms with Crippen molar-refractivity contribution in [2.24, 2.45) is 11.6 Å². The van der Waals surface area contributed by atoms with E-state index in [2.05, 4.69) is 13.0 Å². The molecule has 0 saturated carbocycles. The molecule has 1 rings (SSSR count). The molecule has 3 heteroatoms. The number of unbranched alkanes of at least 4 members (excludes halogenated alkanes) is 1. The van der Waals surface area contributed by atoms with Gasteiger partial charge in [-0.3, -0.25) is 0 Å². The van der Waals surface area contributed by atoms with Gasteiger partial charge in [-0.2, -0.15) is 0 Å². The van der Waals surface area contributed by atoms with E-state index in [4.69, 9.17) is 11.6 Å². The zero-order valence-corrected chi connectivity index (χ0v) is 10.3. The monoisotopic (exact) mass is 211 g/mol. The van der Waals surface area contributed by atoms with Crippen molar-refractivity contribution in [2.45, 2.75) is 46.5 Å². The van der Waals surface area contributed by atoms with Crippen LogP contribution in [0.4, 0.5) is 0 Å². The van der Waals surface area contributed by atoms with Crippen LogP contribution in [-0.4, -0.2) is 11.6 Å². The molecule has 0 radical (unpaired) electrons. The third-order valence-electron chi connectivity index (χ3n) is 2.25. The molecule has 0 bridgehead atoms. The van der Waals surface area contributed by atoms with E-state index in [1.165, 1.54) is 0 Å². The smallest absolute Gasteiger partial charge is 0.0701 e. The Kier molecular flexibility index (Phi) is 7.82. The van der Waals surface area contributed by atoms with Gasteiger partial charge in [0, 0.05) is 12.2 Å². The molecule has 0 amide bonds. The van der Waals surface area contributed by atoms with Gasteiger partial charge in [0.1, 0.15) is 0 Å². The van der Waals surface area contributed by atoms with Gasteiger partial charge in [0.2, 0.25) is 0 Å². The van der Waals surface area contributed by atoms with E-state index in [9.17, 15) is 0 Å². The number of nitrogens with zero attached hydrogens (tertiary/aromatic N) is 1. The van der Waals surface area contributed by atoms with Crippen LogP contribution >= 0.6 is 0 Å². The largest absolute Gasteiger partial charge is 0.400 e. The van der Waals surface area contributed by atoms with E-state index in [1.807, 2.05) is 19.9 Å². The van der Waals surface area contributed by atoms with Gasteiger partial charge in [-0.25, -0.2) is 5.84 Å².